The molecule has 1 aromatic carbocycles. The molecule has 0 radical (unpaired) electrons. The van der Waals surface area contributed by atoms with Crippen molar-refractivity contribution in [2.75, 3.05) is 0 Å². The van der Waals surface area contributed by atoms with E-state index in [1.54, 1.807) is 13.0 Å². The van der Waals surface area contributed by atoms with Gasteiger partial charge in [-0.2, -0.15) is 0 Å². The number of carbonyl (C=O) groups excluding carboxylic acids is 2. The van der Waals surface area contributed by atoms with E-state index in [9.17, 15) is 9.59 Å². The van der Waals surface area contributed by atoms with Crippen LogP contribution < -0.4 is 0 Å². The highest BCUT2D eigenvalue weighted by Gasteiger charge is 2.25. The summed E-state index contributed by atoms with van der Waals surface area (Å²) in [6.07, 6.45) is 1.97. The fourth-order valence-corrected chi connectivity index (χ4v) is 1.77. The fraction of sp³-hybridized carbons (Fsp3) is 0.333. The molecule has 0 aromatic heterocycles. The SMILES string of the molecule is C=CC(=O)C(C)(C)Cc1cccc(C(C)=O)c1. The van der Waals surface area contributed by atoms with Gasteiger partial charge in [-0.15, -0.1) is 0 Å². The minimum absolute atomic E-state index is 0.0192. The number of rotatable bonds is 5. The van der Waals surface area contributed by atoms with Gasteiger partial charge in [0.05, 0.1) is 0 Å². The Morgan fingerprint density at radius 1 is 1.35 bits per heavy atom. The second-order valence-corrected chi connectivity index (χ2v) is 4.89. The lowest BCUT2D eigenvalue weighted by Crippen LogP contribution is -2.24. The molecule has 0 saturated heterocycles. The predicted molar refractivity (Wildman–Crippen MR) is 69.1 cm³/mol. The maximum Gasteiger partial charge on any atom is 0.161 e. The number of benzene rings is 1. The van der Waals surface area contributed by atoms with Crippen molar-refractivity contribution in [1.29, 1.82) is 0 Å². The van der Waals surface area contributed by atoms with Crippen LogP contribution in [0.3, 0.4) is 0 Å². The van der Waals surface area contributed by atoms with Gasteiger partial charge in [0.2, 0.25) is 0 Å². The van der Waals surface area contributed by atoms with E-state index in [-0.39, 0.29) is 11.6 Å². The van der Waals surface area contributed by atoms with Gasteiger partial charge in [0.25, 0.3) is 0 Å². The van der Waals surface area contributed by atoms with Crippen molar-refractivity contribution in [3.05, 3.63) is 48.0 Å². The molecule has 0 aliphatic carbocycles. The molecular formula is C15H18O2. The first-order valence-corrected chi connectivity index (χ1v) is 5.63. The van der Waals surface area contributed by atoms with E-state index in [2.05, 4.69) is 6.58 Å². The largest absolute Gasteiger partial charge is 0.295 e. The van der Waals surface area contributed by atoms with E-state index in [0.29, 0.717) is 12.0 Å². The van der Waals surface area contributed by atoms with E-state index in [4.69, 9.17) is 0 Å². The molecule has 1 rings (SSSR count). The quantitative estimate of drug-likeness (QED) is 0.575. The van der Waals surface area contributed by atoms with Crippen molar-refractivity contribution in [2.45, 2.75) is 27.2 Å². The van der Waals surface area contributed by atoms with Gasteiger partial charge in [0.15, 0.2) is 11.6 Å². The van der Waals surface area contributed by atoms with Crippen molar-refractivity contribution < 1.29 is 9.59 Å². The zero-order valence-electron chi connectivity index (χ0n) is 10.6. The minimum atomic E-state index is -0.475. The maximum absolute atomic E-state index is 11.7. The van der Waals surface area contributed by atoms with Crippen LogP contribution in [0.5, 0.6) is 0 Å². The van der Waals surface area contributed by atoms with Gasteiger partial charge >= 0.3 is 0 Å². The Hall–Kier alpha value is -1.70. The third-order valence-electron chi connectivity index (χ3n) is 2.83. The number of ketones is 2. The van der Waals surface area contributed by atoms with Crippen molar-refractivity contribution in [2.24, 2.45) is 5.41 Å². The Labute approximate surface area is 102 Å². The van der Waals surface area contributed by atoms with E-state index >= 15 is 0 Å². The summed E-state index contributed by atoms with van der Waals surface area (Å²) in [5.41, 5.74) is 1.21. The predicted octanol–water partition coefficient (Wildman–Crippen LogP) is 3.21. The van der Waals surface area contributed by atoms with Gasteiger partial charge in [-0.25, -0.2) is 0 Å². The average molecular weight is 230 g/mol. The van der Waals surface area contributed by atoms with Crippen LogP contribution in [-0.4, -0.2) is 11.6 Å². The van der Waals surface area contributed by atoms with Crippen LogP contribution in [0.2, 0.25) is 0 Å². The molecule has 0 bridgehead atoms. The summed E-state index contributed by atoms with van der Waals surface area (Å²) in [6, 6.07) is 7.42. The van der Waals surface area contributed by atoms with E-state index < -0.39 is 5.41 Å². The Morgan fingerprint density at radius 3 is 2.53 bits per heavy atom. The minimum Gasteiger partial charge on any atom is -0.295 e. The molecule has 90 valence electrons. The van der Waals surface area contributed by atoms with Crippen molar-refractivity contribution >= 4 is 11.6 Å². The smallest absolute Gasteiger partial charge is 0.161 e. The molecule has 0 unspecified atom stereocenters. The summed E-state index contributed by atoms with van der Waals surface area (Å²) in [4.78, 5) is 22.9. The molecule has 0 saturated carbocycles. The number of Topliss-reactive ketones (excluding diaryl/α,β-unsaturated/α-hetero) is 1. The molecular weight excluding hydrogens is 212 g/mol. The molecule has 0 amide bonds. The topological polar surface area (TPSA) is 34.1 Å². The fourth-order valence-electron chi connectivity index (χ4n) is 1.77. The number of allylic oxidation sites excluding steroid dienone is 1. The summed E-state index contributed by atoms with van der Waals surface area (Å²) in [7, 11) is 0. The molecule has 0 aliphatic heterocycles. The lowest BCUT2D eigenvalue weighted by atomic mass is 9.81. The zero-order chi connectivity index (χ0) is 13.1. The standard InChI is InChI=1S/C15H18O2/c1-5-14(17)15(3,4)10-12-7-6-8-13(9-12)11(2)16/h5-9H,1,10H2,2-4H3. The molecule has 0 aliphatic rings. The second kappa shape index (κ2) is 5.09. The first-order chi connectivity index (χ1) is 7.86. The first-order valence-electron chi connectivity index (χ1n) is 5.63. The van der Waals surface area contributed by atoms with Crippen LogP contribution in [0.25, 0.3) is 0 Å². The van der Waals surface area contributed by atoms with Crippen molar-refractivity contribution in [1.82, 2.24) is 0 Å². The Balaban J connectivity index is 2.95. The number of hydrogen-bond acceptors (Lipinski definition) is 2. The normalized spacial score (nSPS) is 11.0. The lowest BCUT2D eigenvalue weighted by Gasteiger charge is -2.21. The molecule has 2 heteroatoms. The summed E-state index contributed by atoms with van der Waals surface area (Å²) in [5, 5.41) is 0. The lowest BCUT2D eigenvalue weighted by molar-refractivity contribution is -0.122. The number of hydrogen-bond donors (Lipinski definition) is 0. The Morgan fingerprint density at radius 2 is 2.00 bits per heavy atom. The molecule has 0 N–H and O–H groups in total. The van der Waals surface area contributed by atoms with E-state index in [1.807, 2.05) is 32.0 Å². The van der Waals surface area contributed by atoms with Crippen molar-refractivity contribution in [3.63, 3.8) is 0 Å². The van der Waals surface area contributed by atoms with Gasteiger partial charge in [-0.05, 0) is 31.1 Å². The molecule has 1 aromatic rings. The van der Waals surface area contributed by atoms with E-state index in [1.165, 1.54) is 6.08 Å². The van der Waals surface area contributed by atoms with Crippen molar-refractivity contribution in [3.8, 4) is 0 Å². The third kappa shape index (κ3) is 3.38. The zero-order valence-corrected chi connectivity index (χ0v) is 10.6. The highest BCUT2D eigenvalue weighted by Crippen LogP contribution is 2.24. The summed E-state index contributed by atoms with van der Waals surface area (Å²) < 4.78 is 0. The highest BCUT2D eigenvalue weighted by atomic mass is 16.1. The van der Waals surface area contributed by atoms with Gasteiger partial charge in [0, 0.05) is 11.0 Å². The molecule has 0 atom stereocenters. The summed E-state index contributed by atoms with van der Waals surface area (Å²) in [5.74, 6) is 0.0606. The summed E-state index contributed by atoms with van der Waals surface area (Å²) in [6.45, 7) is 8.82. The van der Waals surface area contributed by atoms with Crippen LogP contribution in [0.15, 0.2) is 36.9 Å². The molecule has 0 spiro atoms. The summed E-state index contributed by atoms with van der Waals surface area (Å²) >= 11 is 0. The molecule has 0 fully saturated rings. The van der Waals surface area contributed by atoms with Crippen LogP contribution in [-0.2, 0) is 11.2 Å². The molecule has 0 heterocycles. The van der Waals surface area contributed by atoms with E-state index in [0.717, 1.165) is 5.56 Å². The highest BCUT2D eigenvalue weighted by molar-refractivity contribution is 5.95. The van der Waals surface area contributed by atoms with Crippen LogP contribution >= 0.6 is 0 Å². The van der Waals surface area contributed by atoms with Gasteiger partial charge in [0.1, 0.15) is 0 Å². The average Bonchev–Trinajstić information content (AvgIpc) is 2.27. The van der Waals surface area contributed by atoms with Crippen LogP contribution in [0.1, 0.15) is 36.7 Å². The van der Waals surface area contributed by atoms with Gasteiger partial charge in [-0.1, -0.05) is 38.6 Å². The third-order valence-corrected chi connectivity index (χ3v) is 2.83. The van der Waals surface area contributed by atoms with Gasteiger partial charge in [-0.3, -0.25) is 9.59 Å². The number of carbonyl (C=O) groups is 2. The molecule has 2 nitrogen and oxygen atoms in total. The monoisotopic (exact) mass is 230 g/mol. The maximum atomic E-state index is 11.7. The van der Waals surface area contributed by atoms with Crippen LogP contribution in [0, 0.1) is 5.41 Å². The Kier molecular flexibility index (Phi) is 4.00. The molecule has 17 heavy (non-hydrogen) atoms. The van der Waals surface area contributed by atoms with Gasteiger partial charge < -0.3 is 0 Å². The second-order valence-electron chi connectivity index (χ2n) is 4.89. The van der Waals surface area contributed by atoms with Crippen LogP contribution in [0.4, 0.5) is 0 Å². The Bertz CT molecular complexity index is 456. The first kappa shape index (κ1) is 13.4.